The number of likely N-dealkylation sites (tertiary alicyclic amines) is 1. The molecule has 7 heteroatoms. The molecule has 1 heterocycles. The van der Waals surface area contributed by atoms with Crippen molar-refractivity contribution in [3.8, 4) is 0 Å². The van der Waals surface area contributed by atoms with Crippen molar-refractivity contribution < 1.29 is 30.0 Å². The molecular formula is C19H29NO6. The minimum Gasteiger partial charge on any atom is -0.483 e. The number of nitrogens with zero attached hydrogens (tertiary/aromatic N) is 1. The Morgan fingerprint density at radius 3 is 2.35 bits per heavy atom. The Kier molecular flexibility index (Phi) is 9.26. The Morgan fingerprint density at radius 1 is 1.31 bits per heavy atom. The third-order valence-corrected chi connectivity index (χ3v) is 4.91. The van der Waals surface area contributed by atoms with Gasteiger partial charge in [0, 0.05) is 18.5 Å². The first-order chi connectivity index (χ1) is 12.4. The Labute approximate surface area is 153 Å². The van der Waals surface area contributed by atoms with Crippen molar-refractivity contribution in [1.82, 2.24) is 4.90 Å². The lowest BCUT2D eigenvalue weighted by atomic mass is 9.73. The summed E-state index contributed by atoms with van der Waals surface area (Å²) >= 11 is 0. The van der Waals surface area contributed by atoms with Gasteiger partial charge in [-0.1, -0.05) is 37.6 Å². The van der Waals surface area contributed by atoms with E-state index in [1.165, 1.54) is 0 Å². The molecule has 146 valence electrons. The van der Waals surface area contributed by atoms with Gasteiger partial charge < -0.3 is 20.4 Å². The van der Waals surface area contributed by atoms with Gasteiger partial charge in [-0.25, -0.2) is 0 Å². The number of β-amino-alcohol motifs (C(OH)–C–C–N with tert-alkyl or cyclic N) is 1. The third-order valence-electron chi connectivity index (χ3n) is 4.91. The number of benzene rings is 1. The number of piperidine rings is 1. The van der Waals surface area contributed by atoms with E-state index in [2.05, 4.69) is 11.8 Å². The highest BCUT2D eigenvalue weighted by Crippen LogP contribution is 2.36. The zero-order chi connectivity index (χ0) is 19.6. The van der Waals surface area contributed by atoms with E-state index >= 15 is 0 Å². The van der Waals surface area contributed by atoms with E-state index in [4.69, 9.17) is 15.0 Å². The normalized spacial score (nSPS) is 23.0. The molecule has 1 aromatic rings. The molecule has 1 aromatic carbocycles. The fourth-order valence-electron chi connectivity index (χ4n) is 3.47. The summed E-state index contributed by atoms with van der Waals surface area (Å²) in [5.74, 6) is -0.826. The maximum absolute atomic E-state index is 10.7. The zero-order valence-electron chi connectivity index (χ0n) is 15.2. The van der Waals surface area contributed by atoms with Crippen LogP contribution in [0.2, 0.25) is 0 Å². The van der Waals surface area contributed by atoms with Gasteiger partial charge in [0.25, 0.3) is 6.47 Å². The quantitative estimate of drug-likeness (QED) is 0.537. The number of carboxylic acids is 1. The molecule has 0 bridgehead atoms. The molecule has 2 rings (SSSR count). The molecule has 0 aromatic heterocycles. The summed E-state index contributed by atoms with van der Waals surface area (Å²) in [5.41, 5.74) is 1.55. The number of hydrogen-bond donors (Lipinski definition) is 4. The van der Waals surface area contributed by atoms with Crippen LogP contribution in [0.3, 0.4) is 0 Å². The van der Waals surface area contributed by atoms with Crippen molar-refractivity contribution in [3.63, 3.8) is 0 Å². The van der Waals surface area contributed by atoms with Gasteiger partial charge in [0.1, 0.15) is 0 Å². The van der Waals surface area contributed by atoms with Gasteiger partial charge in [-0.2, -0.15) is 0 Å². The van der Waals surface area contributed by atoms with Gasteiger partial charge in [0.2, 0.25) is 0 Å². The van der Waals surface area contributed by atoms with Crippen LogP contribution < -0.4 is 0 Å². The zero-order valence-corrected chi connectivity index (χ0v) is 15.2. The highest BCUT2D eigenvalue weighted by Gasteiger charge is 2.40. The number of carboxylic acid groups (broad SMARTS) is 2. The lowest BCUT2D eigenvalue weighted by molar-refractivity contribution is -0.136. The summed E-state index contributed by atoms with van der Waals surface area (Å²) in [5, 5.41) is 35.8. The number of aliphatic carboxylic acids is 1. The number of carbonyl (C=O) groups is 2. The summed E-state index contributed by atoms with van der Waals surface area (Å²) in [6.45, 7) is 4.03. The minimum atomic E-state index is -0.826. The number of hydrogen-bond acceptors (Lipinski definition) is 5. The van der Waals surface area contributed by atoms with E-state index < -0.39 is 12.1 Å². The smallest absolute Gasteiger partial charge is 0.307 e. The minimum absolute atomic E-state index is 0.0404. The summed E-state index contributed by atoms with van der Waals surface area (Å²) in [7, 11) is 0. The fraction of sp³-hybridized carbons (Fsp3) is 0.579. The Bertz CT molecular complexity index is 562. The molecule has 0 saturated carbocycles. The first-order valence-corrected chi connectivity index (χ1v) is 8.79. The maximum Gasteiger partial charge on any atom is 0.307 e. The van der Waals surface area contributed by atoms with Crippen molar-refractivity contribution in [2.75, 3.05) is 19.7 Å². The van der Waals surface area contributed by atoms with Crippen LogP contribution in [0.1, 0.15) is 37.3 Å². The molecule has 26 heavy (non-hydrogen) atoms. The molecule has 0 spiro atoms. The molecular weight excluding hydrogens is 338 g/mol. The van der Waals surface area contributed by atoms with Crippen molar-refractivity contribution in [2.45, 2.75) is 45.3 Å². The second-order valence-electron chi connectivity index (χ2n) is 6.76. The molecule has 0 amide bonds. The summed E-state index contributed by atoms with van der Waals surface area (Å²) in [6.07, 6.45) is 2.15. The van der Waals surface area contributed by atoms with Crippen LogP contribution in [0, 0.1) is 5.41 Å². The third kappa shape index (κ3) is 6.40. The maximum atomic E-state index is 10.7. The SMILES string of the molecule is CCC[C@]1(CO)CCN(Cc2ccc(CC(=O)O)cc2)C[C@H]1O.O=CO. The first kappa shape index (κ1) is 22.1. The predicted molar refractivity (Wildman–Crippen MR) is 96.8 cm³/mol. The second kappa shape index (κ2) is 10.9. The van der Waals surface area contributed by atoms with E-state index in [1.54, 1.807) is 0 Å². The van der Waals surface area contributed by atoms with Crippen molar-refractivity contribution in [1.29, 1.82) is 0 Å². The fourth-order valence-corrected chi connectivity index (χ4v) is 3.47. The largest absolute Gasteiger partial charge is 0.483 e. The molecule has 7 nitrogen and oxygen atoms in total. The molecule has 0 unspecified atom stereocenters. The summed E-state index contributed by atoms with van der Waals surface area (Å²) < 4.78 is 0. The summed E-state index contributed by atoms with van der Waals surface area (Å²) in [6, 6.07) is 7.59. The predicted octanol–water partition coefficient (Wildman–Crippen LogP) is 1.36. The molecule has 1 saturated heterocycles. The van der Waals surface area contributed by atoms with Gasteiger partial charge in [0.15, 0.2) is 0 Å². The first-order valence-electron chi connectivity index (χ1n) is 8.79. The number of aliphatic hydroxyl groups excluding tert-OH is 2. The molecule has 4 N–H and O–H groups in total. The highest BCUT2D eigenvalue weighted by atomic mass is 16.4. The lowest BCUT2D eigenvalue weighted by Gasteiger charge is -2.44. The molecule has 1 fully saturated rings. The monoisotopic (exact) mass is 367 g/mol. The van der Waals surface area contributed by atoms with Crippen LogP contribution in [0.4, 0.5) is 0 Å². The Morgan fingerprint density at radius 2 is 1.88 bits per heavy atom. The van der Waals surface area contributed by atoms with E-state index in [1.807, 2.05) is 24.3 Å². The molecule has 1 aliphatic heterocycles. The summed E-state index contributed by atoms with van der Waals surface area (Å²) in [4.78, 5) is 21.2. The number of aliphatic hydroxyl groups is 2. The van der Waals surface area contributed by atoms with E-state index in [-0.39, 0.29) is 24.9 Å². The average molecular weight is 367 g/mol. The van der Waals surface area contributed by atoms with E-state index in [9.17, 15) is 15.0 Å². The van der Waals surface area contributed by atoms with Crippen molar-refractivity contribution in [3.05, 3.63) is 35.4 Å². The Hall–Kier alpha value is -1.96. The second-order valence-corrected chi connectivity index (χ2v) is 6.76. The molecule has 2 atom stereocenters. The topological polar surface area (TPSA) is 118 Å². The highest BCUT2D eigenvalue weighted by molar-refractivity contribution is 5.70. The number of rotatable bonds is 7. The van der Waals surface area contributed by atoms with Crippen molar-refractivity contribution >= 4 is 12.4 Å². The molecule has 1 aliphatic rings. The van der Waals surface area contributed by atoms with E-state index in [0.29, 0.717) is 6.54 Å². The lowest BCUT2D eigenvalue weighted by Crippen LogP contribution is -2.52. The van der Waals surface area contributed by atoms with Crippen LogP contribution in [0.15, 0.2) is 24.3 Å². The standard InChI is InChI=1S/C18H27NO4.CH2O2/c1-2-7-18(13-20)8-9-19(12-16(18)21)11-15-5-3-14(4-6-15)10-17(22)23;2-1-3/h3-6,16,20-21H,2,7-13H2,1H3,(H,22,23);1H,(H,2,3)/t16-,18-;/m1./s1. The van der Waals surface area contributed by atoms with Crippen molar-refractivity contribution in [2.24, 2.45) is 5.41 Å². The van der Waals surface area contributed by atoms with Crippen LogP contribution in [-0.4, -0.2) is 63.6 Å². The van der Waals surface area contributed by atoms with Crippen LogP contribution in [-0.2, 0) is 22.6 Å². The van der Waals surface area contributed by atoms with Crippen LogP contribution >= 0.6 is 0 Å². The Balaban J connectivity index is 0.00000105. The van der Waals surface area contributed by atoms with Crippen LogP contribution in [0.5, 0.6) is 0 Å². The van der Waals surface area contributed by atoms with Gasteiger partial charge >= 0.3 is 5.97 Å². The van der Waals surface area contributed by atoms with Gasteiger partial charge in [-0.3, -0.25) is 14.5 Å². The van der Waals surface area contributed by atoms with Crippen LogP contribution in [0.25, 0.3) is 0 Å². The van der Waals surface area contributed by atoms with Gasteiger partial charge in [-0.15, -0.1) is 0 Å². The van der Waals surface area contributed by atoms with Gasteiger partial charge in [0.05, 0.1) is 19.1 Å². The average Bonchev–Trinajstić information content (AvgIpc) is 2.60. The molecule has 0 aliphatic carbocycles. The van der Waals surface area contributed by atoms with Gasteiger partial charge in [-0.05, 0) is 30.5 Å². The van der Waals surface area contributed by atoms with E-state index in [0.717, 1.165) is 43.5 Å². The molecule has 0 radical (unpaired) electrons.